The van der Waals surface area contributed by atoms with E-state index in [1.165, 1.54) is 22.3 Å². The second-order valence-electron chi connectivity index (χ2n) is 7.88. The van der Waals surface area contributed by atoms with Crippen molar-refractivity contribution in [3.05, 3.63) is 108 Å². The predicted octanol–water partition coefficient (Wildman–Crippen LogP) is 6.84. The molecule has 142 valence electrons. The van der Waals surface area contributed by atoms with E-state index in [0.29, 0.717) is 5.92 Å². The molecular weight excluding hydrogens is 352 g/mol. The van der Waals surface area contributed by atoms with E-state index in [-0.39, 0.29) is 0 Å². The number of aryl methyl sites for hydroxylation is 1. The standard InChI is InChI=1S/C27H24N2/c1-19-12-14-21(15-13-19)22-16-17-24(20(2)18-22)27-28-25-10-6-7-11-26(25)29(27)23-8-4-3-5-9-23/h3-17,20H,18H2,1-2H3. The van der Waals surface area contributed by atoms with Gasteiger partial charge in [-0.05, 0) is 60.2 Å². The van der Waals surface area contributed by atoms with Crippen molar-refractivity contribution in [3.63, 3.8) is 0 Å². The second-order valence-corrected chi connectivity index (χ2v) is 7.88. The van der Waals surface area contributed by atoms with Crippen molar-refractivity contribution in [1.82, 2.24) is 9.55 Å². The van der Waals surface area contributed by atoms with E-state index in [9.17, 15) is 0 Å². The number of nitrogens with zero attached hydrogens (tertiary/aromatic N) is 2. The van der Waals surface area contributed by atoms with Crippen LogP contribution in [0.4, 0.5) is 0 Å². The van der Waals surface area contributed by atoms with Gasteiger partial charge in [-0.15, -0.1) is 0 Å². The molecule has 29 heavy (non-hydrogen) atoms. The fourth-order valence-corrected chi connectivity index (χ4v) is 4.20. The van der Waals surface area contributed by atoms with Crippen molar-refractivity contribution in [2.45, 2.75) is 20.3 Å². The highest BCUT2D eigenvalue weighted by Gasteiger charge is 2.23. The molecule has 0 bridgehead atoms. The summed E-state index contributed by atoms with van der Waals surface area (Å²) in [5.74, 6) is 1.44. The Hall–Kier alpha value is -3.39. The highest BCUT2D eigenvalue weighted by Crippen LogP contribution is 2.37. The van der Waals surface area contributed by atoms with Gasteiger partial charge in [0.25, 0.3) is 0 Å². The molecule has 1 aliphatic rings. The number of rotatable bonds is 3. The van der Waals surface area contributed by atoms with Gasteiger partial charge in [0.05, 0.1) is 11.0 Å². The molecule has 0 N–H and O–H groups in total. The summed E-state index contributed by atoms with van der Waals surface area (Å²) in [6.45, 7) is 4.44. The first-order valence-corrected chi connectivity index (χ1v) is 10.2. The molecule has 0 saturated carbocycles. The summed E-state index contributed by atoms with van der Waals surface area (Å²) in [4.78, 5) is 5.04. The van der Waals surface area contributed by atoms with Crippen LogP contribution >= 0.6 is 0 Å². The van der Waals surface area contributed by atoms with Crippen LogP contribution in [0.3, 0.4) is 0 Å². The van der Waals surface area contributed by atoms with Crippen molar-refractivity contribution in [2.75, 3.05) is 0 Å². The number of hydrogen-bond acceptors (Lipinski definition) is 1. The van der Waals surface area contributed by atoms with Crippen molar-refractivity contribution < 1.29 is 0 Å². The first kappa shape index (κ1) is 17.7. The third kappa shape index (κ3) is 3.21. The van der Waals surface area contributed by atoms with Gasteiger partial charge in [0.15, 0.2) is 0 Å². The fraction of sp³-hybridized carbons (Fsp3) is 0.148. The number of allylic oxidation sites excluding steroid dienone is 4. The third-order valence-electron chi connectivity index (χ3n) is 5.78. The average Bonchev–Trinajstić information content (AvgIpc) is 3.14. The molecule has 1 aliphatic carbocycles. The Morgan fingerprint density at radius 1 is 0.828 bits per heavy atom. The molecule has 4 aromatic rings. The lowest BCUT2D eigenvalue weighted by Gasteiger charge is -2.23. The minimum atomic E-state index is 0.399. The predicted molar refractivity (Wildman–Crippen MR) is 122 cm³/mol. The van der Waals surface area contributed by atoms with Crippen molar-refractivity contribution in [1.29, 1.82) is 0 Å². The van der Waals surface area contributed by atoms with E-state index in [4.69, 9.17) is 4.98 Å². The summed E-state index contributed by atoms with van der Waals surface area (Å²) in [6, 6.07) is 27.8. The summed E-state index contributed by atoms with van der Waals surface area (Å²) in [5, 5.41) is 0. The smallest absolute Gasteiger partial charge is 0.141 e. The van der Waals surface area contributed by atoms with Gasteiger partial charge in [0, 0.05) is 5.69 Å². The minimum Gasteiger partial charge on any atom is -0.293 e. The highest BCUT2D eigenvalue weighted by molar-refractivity contribution is 5.85. The first-order valence-electron chi connectivity index (χ1n) is 10.2. The molecule has 1 aromatic heterocycles. The monoisotopic (exact) mass is 376 g/mol. The van der Waals surface area contributed by atoms with Crippen LogP contribution in [0.5, 0.6) is 0 Å². The van der Waals surface area contributed by atoms with E-state index in [2.05, 4.69) is 109 Å². The van der Waals surface area contributed by atoms with Crippen molar-refractivity contribution in [3.8, 4) is 5.69 Å². The topological polar surface area (TPSA) is 17.8 Å². The SMILES string of the molecule is Cc1ccc(C2=CC=C(c3nc4ccccc4n3-c3ccccc3)C(C)C2)cc1. The molecule has 1 unspecified atom stereocenters. The van der Waals surface area contributed by atoms with Gasteiger partial charge in [-0.3, -0.25) is 4.57 Å². The van der Waals surface area contributed by atoms with Crippen LogP contribution in [0.15, 0.2) is 91.0 Å². The summed E-state index contributed by atoms with van der Waals surface area (Å²) in [6.07, 6.45) is 5.56. The van der Waals surface area contributed by atoms with Crippen molar-refractivity contribution >= 4 is 22.2 Å². The van der Waals surface area contributed by atoms with Crippen LogP contribution in [-0.4, -0.2) is 9.55 Å². The summed E-state index contributed by atoms with van der Waals surface area (Å²) in [5.41, 5.74) is 8.63. The number of para-hydroxylation sites is 3. The van der Waals surface area contributed by atoms with Gasteiger partial charge in [0.2, 0.25) is 0 Å². The van der Waals surface area contributed by atoms with E-state index in [1.807, 2.05) is 0 Å². The number of benzene rings is 3. The number of imidazole rings is 1. The minimum absolute atomic E-state index is 0.399. The number of aromatic nitrogens is 2. The Labute approximate surface area is 171 Å². The van der Waals surface area contributed by atoms with Crippen molar-refractivity contribution in [2.24, 2.45) is 5.92 Å². The lowest BCUT2D eigenvalue weighted by molar-refractivity contribution is 0.757. The maximum atomic E-state index is 5.04. The van der Waals surface area contributed by atoms with Gasteiger partial charge >= 0.3 is 0 Å². The molecule has 0 radical (unpaired) electrons. The molecule has 1 atom stereocenters. The molecular formula is C27H24N2. The largest absolute Gasteiger partial charge is 0.293 e. The lowest BCUT2D eigenvalue weighted by atomic mass is 9.85. The Kier molecular flexibility index (Phi) is 4.40. The summed E-state index contributed by atoms with van der Waals surface area (Å²) < 4.78 is 2.29. The Bertz CT molecular complexity index is 1220. The molecule has 0 fully saturated rings. The van der Waals surface area contributed by atoms with E-state index >= 15 is 0 Å². The van der Waals surface area contributed by atoms with Gasteiger partial charge in [-0.1, -0.05) is 79.2 Å². The number of hydrogen-bond donors (Lipinski definition) is 0. The van der Waals surface area contributed by atoms with Crippen LogP contribution in [-0.2, 0) is 0 Å². The zero-order chi connectivity index (χ0) is 19.8. The van der Waals surface area contributed by atoms with Gasteiger partial charge < -0.3 is 0 Å². The molecule has 0 amide bonds. The van der Waals surface area contributed by atoms with Crippen LogP contribution in [0.25, 0.3) is 27.9 Å². The second kappa shape index (κ2) is 7.21. The zero-order valence-electron chi connectivity index (χ0n) is 16.8. The molecule has 0 spiro atoms. The van der Waals surface area contributed by atoms with E-state index < -0.39 is 0 Å². The molecule has 2 heteroatoms. The maximum absolute atomic E-state index is 5.04. The fourth-order valence-electron chi connectivity index (χ4n) is 4.20. The van der Waals surface area contributed by atoms with E-state index in [0.717, 1.165) is 29.0 Å². The quantitative estimate of drug-likeness (QED) is 0.383. The Balaban J connectivity index is 1.65. The molecule has 0 saturated heterocycles. The van der Waals surface area contributed by atoms with Crippen LogP contribution in [0.1, 0.15) is 30.3 Å². The average molecular weight is 377 g/mol. The summed E-state index contributed by atoms with van der Waals surface area (Å²) in [7, 11) is 0. The van der Waals surface area contributed by atoms with Crippen LogP contribution in [0.2, 0.25) is 0 Å². The molecule has 2 nitrogen and oxygen atoms in total. The first-order chi connectivity index (χ1) is 14.2. The third-order valence-corrected chi connectivity index (χ3v) is 5.78. The maximum Gasteiger partial charge on any atom is 0.141 e. The zero-order valence-corrected chi connectivity index (χ0v) is 16.8. The summed E-state index contributed by atoms with van der Waals surface area (Å²) >= 11 is 0. The normalized spacial score (nSPS) is 16.6. The van der Waals surface area contributed by atoms with Gasteiger partial charge in [0.1, 0.15) is 5.82 Å². The molecule has 0 aliphatic heterocycles. The Morgan fingerprint density at radius 3 is 2.31 bits per heavy atom. The van der Waals surface area contributed by atoms with E-state index in [1.54, 1.807) is 0 Å². The van der Waals surface area contributed by atoms with Crippen LogP contribution < -0.4 is 0 Å². The number of fused-ring (bicyclic) bond motifs is 1. The van der Waals surface area contributed by atoms with Gasteiger partial charge in [-0.25, -0.2) is 4.98 Å². The molecule has 3 aromatic carbocycles. The van der Waals surface area contributed by atoms with Gasteiger partial charge in [-0.2, -0.15) is 0 Å². The molecule has 1 heterocycles. The highest BCUT2D eigenvalue weighted by atomic mass is 15.1. The lowest BCUT2D eigenvalue weighted by Crippen LogP contribution is -2.09. The molecule has 5 rings (SSSR count). The van der Waals surface area contributed by atoms with Crippen LogP contribution in [0, 0.1) is 12.8 Å². The Morgan fingerprint density at radius 2 is 1.55 bits per heavy atom.